The average molecular weight is 291 g/mol. The number of allylic oxidation sites excluding steroid dienone is 2. The first-order chi connectivity index (χ1) is 9.66. The molecule has 2 N–H and O–H groups in total. The van der Waals surface area contributed by atoms with Crippen LogP contribution in [0.2, 0.25) is 0 Å². The molecule has 4 nitrogen and oxygen atoms in total. The molecule has 106 valence electrons. The van der Waals surface area contributed by atoms with Gasteiger partial charge in [0.15, 0.2) is 0 Å². The van der Waals surface area contributed by atoms with Crippen molar-refractivity contribution in [1.82, 2.24) is 5.32 Å². The molecule has 3 aliphatic rings. The molecule has 0 radical (unpaired) electrons. The fourth-order valence-corrected chi connectivity index (χ4v) is 4.04. The zero-order valence-electron chi connectivity index (χ0n) is 11.0. The Labute approximate surface area is 121 Å². The molecule has 0 aromatic carbocycles. The van der Waals surface area contributed by atoms with Crippen LogP contribution < -0.4 is 5.32 Å². The van der Waals surface area contributed by atoms with Crippen molar-refractivity contribution in [2.24, 2.45) is 23.7 Å². The predicted octanol–water partition coefficient (Wildman–Crippen LogP) is 2.28. The van der Waals surface area contributed by atoms with Gasteiger partial charge in [-0.05, 0) is 36.1 Å². The average Bonchev–Trinajstić information content (AvgIpc) is 2.98. The van der Waals surface area contributed by atoms with Gasteiger partial charge in [-0.25, -0.2) is 0 Å². The maximum Gasteiger partial charge on any atom is 0.307 e. The molecule has 1 saturated carbocycles. The molecule has 4 atom stereocenters. The molecular formula is C15H17NO3S. The van der Waals surface area contributed by atoms with Crippen LogP contribution in [0, 0.1) is 23.7 Å². The lowest BCUT2D eigenvalue weighted by Gasteiger charge is -2.41. The smallest absolute Gasteiger partial charge is 0.307 e. The third kappa shape index (κ3) is 2.38. The van der Waals surface area contributed by atoms with Crippen molar-refractivity contribution >= 4 is 23.2 Å². The van der Waals surface area contributed by atoms with E-state index < -0.39 is 17.8 Å². The van der Waals surface area contributed by atoms with Crippen LogP contribution in [-0.2, 0) is 16.1 Å². The van der Waals surface area contributed by atoms with Gasteiger partial charge < -0.3 is 10.4 Å². The van der Waals surface area contributed by atoms with Crippen LogP contribution in [0.1, 0.15) is 17.7 Å². The molecule has 1 fully saturated rings. The Kier molecular flexibility index (Phi) is 3.61. The number of carboxylic acids is 1. The molecule has 0 spiro atoms. The summed E-state index contributed by atoms with van der Waals surface area (Å²) in [5, 5.41) is 14.3. The highest BCUT2D eigenvalue weighted by Gasteiger charge is 2.48. The maximum absolute atomic E-state index is 12.4. The summed E-state index contributed by atoms with van der Waals surface area (Å²) in [6.07, 6.45) is 5.81. The first-order valence-corrected chi connectivity index (χ1v) is 7.76. The van der Waals surface area contributed by atoms with Gasteiger partial charge in [-0.1, -0.05) is 18.2 Å². The number of thiophene rings is 1. The third-order valence-electron chi connectivity index (χ3n) is 4.35. The van der Waals surface area contributed by atoms with Crippen molar-refractivity contribution in [3.63, 3.8) is 0 Å². The molecule has 0 aliphatic heterocycles. The van der Waals surface area contributed by atoms with E-state index in [0.29, 0.717) is 6.54 Å². The van der Waals surface area contributed by atoms with Crippen molar-refractivity contribution in [2.75, 3.05) is 0 Å². The van der Waals surface area contributed by atoms with E-state index in [1.165, 1.54) is 0 Å². The largest absolute Gasteiger partial charge is 0.481 e. The van der Waals surface area contributed by atoms with Crippen molar-refractivity contribution in [3.8, 4) is 0 Å². The number of fused-ring (bicyclic) bond motifs is 2. The summed E-state index contributed by atoms with van der Waals surface area (Å²) in [6.45, 7) is 0.487. The second-order valence-electron chi connectivity index (χ2n) is 5.48. The molecule has 0 saturated heterocycles. The highest BCUT2D eigenvalue weighted by molar-refractivity contribution is 7.09. The molecular weight excluding hydrogens is 274 g/mol. The van der Waals surface area contributed by atoms with Crippen LogP contribution in [0.25, 0.3) is 0 Å². The van der Waals surface area contributed by atoms with E-state index in [4.69, 9.17) is 0 Å². The molecule has 1 aromatic rings. The number of carbonyl (C=O) groups excluding carboxylic acids is 1. The molecule has 1 aromatic heterocycles. The number of hydrogen-bond donors (Lipinski definition) is 2. The summed E-state index contributed by atoms with van der Waals surface area (Å²) in [5.41, 5.74) is 0. The second-order valence-corrected chi connectivity index (χ2v) is 6.51. The Morgan fingerprint density at radius 3 is 2.50 bits per heavy atom. The third-order valence-corrected chi connectivity index (χ3v) is 5.23. The quantitative estimate of drug-likeness (QED) is 0.836. The van der Waals surface area contributed by atoms with E-state index in [1.807, 2.05) is 29.7 Å². The normalized spacial score (nSPS) is 31.2. The van der Waals surface area contributed by atoms with E-state index in [-0.39, 0.29) is 17.7 Å². The fourth-order valence-electron chi connectivity index (χ4n) is 3.39. The SMILES string of the molecule is O=C(NCc1cccs1)[C@@H]1[C@H](C(=O)O)[C@H]2C=C[C@@H]1CC2. The molecule has 3 aliphatic carbocycles. The molecule has 1 amide bonds. The zero-order valence-corrected chi connectivity index (χ0v) is 11.8. The molecule has 5 heteroatoms. The Morgan fingerprint density at radius 2 is 1.95 bits per heavy atom. The van der Waals surface area contributed by atoms with E-state index in [2.05, 4.69) is 5.32 Å². The van der Waals surface area contributed by atoms with Gasteiger partial charge in [-0.2, -0.15) is 0 Å². The van der Waals surface area contributed by atoms with Crippen LogP contribution in [0.5, 0.6) is 0 Å². The van der Waals surface area contributed by atoms with E-state index >= 15 is 0 Å². The second kappa shape index (κ2) is 5.40. The number of amides is 1. The minimum atomic E-state index is -0.847. The lowest BCUT2D eigenvalue weighted by atomic mass is 9.62. The summed E-state index contributed by atoms with van der Waals surface area (Å²) in [6, 6.07) is 3.91. The standard InChI is InChI=1S/C15H17NO3S/c17-14(16-8-11-2-1-7-20-11)12-9-3-5-10(6-4-9)13(12)15(18)19/h1-3,5,7,9-10,12-13H,4,6,8H2,(H,16,17)(H,18,19)/t9-,10+,12+,13-/m1/s1. The minimum Gasteiger partial charge on any atom is -0.481 e. The Morgan fingerprint density at radius 1 is 1.25 bits per heavy atom. The van der Waals surface area contributed by atoms with Crippen LogP contribution >= 0.6 is 11.3 Å². The first kappa shape index (κ1) is 13.4. The van der Waals surface area contributed by atoms with Crippen molar-refractivity contribution in [1.29, 1.82) is 0 Å². The van der Waals surface area contributed by atoms with Crippen molar-refractivity contribution in [3.05, 3.63) is 34.5 Å². The van der Waals surface area contributed by atoms with Gasteiger partial charge in [0.1, 0.15) is 0 Å². The number of rotatable bonds is 4. The number of carboxylic acid groups (broad SMARTS) is 1. The molecule has 2 bridgehead atoms. The summed E-state index contributed by atoms with van der Waals surface area (Å²) in [5.74, 6) is -1.87. The monoisotopic (exact) mass is 291 g/mol. The fraction of sp³-hybridized carbons (Fsp3) is 0.467. The van der Waals surface area contributed by atoms with Crippen LogP contribution in [0.4, 0.5) is 0 Å². The van der Waals surface area contributed by atoms with Gasteiger partial charge in [-0.15, -0.1) is 11.3 Å². The minimum absolute atomic E-state index is 0.00925. The lowest BCUT2D eigenvalue weighted by molar-refractivity contribution is -0.153. The molecule has 4 rings (SSSR count). The van der Waals surface area contributed by atoms with E-state index in [0.717, 1.165) is 17.7 Å². The molecule has 1 heterocycles. The number of aliphatic carboxylic acids is 1. The predicted molar refractivity (Wildman–Crippen MR) is 76.1 cm³/mol. The molecule has 20 heavy (non-hydrogen) atoms. The van der Waals surface area contributed by atoms with Gasteiger partial charge >= 0.3 is 5.97 Å². The maximum atomic E-state index is 12.4. The highest BCUT2D eigenvalue weighted by Crippen LogP contribution is 2.45. The van der Waals surface area contributed by atoms with E-state index in [9.17, 15) is 14.7 Å². The van der Waals surface area contributed by atoms with Crippen LogP contribution in [-0.4, -0.2) is 17.0 Å². The number of carbonyl (C=O) groups is 2. The number of hydrogen-bond acceptors (Lipinski definition) is 3. The van der Waals surface area contributed by atoms with Gasteiger partial charge in [-0.3, -0.25) is 9.59 Å². The van der Waals surface area contributed by atoms with Crippen LogP contribution in [0.3, 0.4) is 0 Å². The lowest BCUT2D eigenvalue weighted by Crippen LogP contribution is -2.48. The van der Waals surface area contributed by atoms with Gasteiger partial charge in [0.25, 0.3) is 0 Å². The highest BCUT2D eigenvalue weighted by atomic mass is 32.1. The number of nitrogens with one attached hydrogen (secondary N) is 1. The van der Waals surface area contributed by atoms with E-state index in [1.54, 1.807) is 11.3 Å². The van der Waals surface area contributed by atoms with Gasteiger partial charge in [0.05, 0.1) is 18.4 Å². The summed E-state index contributed by atoms with van der Waals surface area (Å²) in [7, 11) is 0. The first-order valence-electron chi connectivity index (χ1n) is 6.88. The molecule has 0 unspecified atom stereocenters. The van der Waals surface area contributed by atoms with Gasteiger partial charge in [0, 0.05) is 4.88 Å². The summed E-state index contributed by atoms with van der Waals surface area (Å²) < 4.78 is 0. The van der Waals surface area contributed by atoms with Crippen molar-refractivity contribution < 1.29 is 14.7 Å². The summed E-state index contributed by atoms with van der Waals surface area (Å²) >= 11 is 1.59. The Hall–Kier alpha value is -1.62. The zero-order chi connectivity index (χ0) is 14.1. The summed E-state index contributed by atoms with van der Waals surface area (Å²) in [4.78, 5) is 25.0. The Bertz CT molecular complexity index is 537. The van der Waals surface area contributed by atoms with Crippen molar-refractivity contribution in [2.45, 2.75) is 19.4 Å². The van der Waals surface area contributed by atoms with Gasteiger partial charge in [0.2, 0.25) is 5.91 Å². The van der Waals surface area contributed by atoms with Crippen LogP contribution in [0.15, 0.2) is 29.7 Å². The Balaban J connectivity index is 1.72. The topological polar surface area (TPSA) is 66.4 Å².